The fourth-order valence-corrected chi connectivity index (χ4v) is 2.76. The van der Waals surface area contributed by atoms with Crippen molar-refractivity contribution in [2.24, 2.45) is 0 Å². The summed E-state index contributed by atoms with van der Waals surface area (Å²) in [5, 5.41) is 6.44. The molecule has 0 saturated heterocycles. The molecular formula is C20H20ClN5O4. The molecule has 156 valence electrons. The maximum atomic E-state index is 12.2. The van der Waals surface area contributed by atoms with E-state index in [1.165, 1.54) is 13.3 Å². The molecule has 9 nitrogen and oxygen atoms in total. The Morgan fingerprint density at radius 3 is 2.50 bits per heavy atom. The number of carbonyl (C=O) groups is 1. The summed E-state index contributed by atoms with van der Waals surface area (Å²) in [5.41, 5.74) is 3.85. The van der Waals surface area contributed by atoms with Crippen LogP contribution in [0.25, 0.3) is 0 Å². The molecule has 2 aromatic carbocycles. The first kappa shape index (κ1) is 21.2. The number of methoxy groups -OCH3 is 2. The van der Waals surface area contributed by atoms with Crippen molar-refractivity contribution in [1.82, 2.24) is 15.4 Å². The van der Waals surface area contributed by atoms with E-state index in [4.69, 9.17) is 25.9 Å². The van der Waals surface area contributed by atoms with Crippen molar-refractivity contribution in [1.29, 1.82) is 0 Å². The molecule has 0 fully saturated rings. The maximum absolute atomic E-state index is 12.2. The Bertz CT molecular complexity index is 1050. The molecule has 10 heteroatoms. The molecule has 0 aliphatic rings. The number of anilines is 4. The molecule has 30 heavy (non-hydrogen) atoms. The molecule has 3 aromatic rings. The molecule has 0 atom stereocenters. The number of halogens is 1. The van der Waals surface area contributed by atoms with Crippen molar-refractivity contribution in [3.05, 3.63) is 59.2 Å². The summed E-state index contributed by atoms with van der Waals surface area (Å²) in [6.45, 7) is 0. The highest BCUT2D eigenvalue weighted by Crippen LogP contribution is 2.31. The van der Waals surface area contributed by atoms with Gasteiger partial charge in [0.15, 0.2) is 17.3 Å². The van der Waals surface area contributed by atoms with Crippen LogP contribution in [-0.2, 0) is 4.84 Å². The van der Waals surface area contributed by atoms with Gasteiger partial charge in [-0.15, -0.1) is 0 Å². The fraction of sp³-hybridized carbons (Fsp3) is 0.150. The second-order valence-electron chi connectivity index (χ2n) is 5.89. The Morgan fingerprint density at radius 1 is 1.00 bits per heavy atom. The van der Waals surface area contributed by atoms with E-state index in [0.717, 1.165) is 0 Å². The Hall–Kier alpha value is -3.56. The number of hydroxylamine groups is 1. The summed E-state index contributed by atoms with van der Waals surface area (Å²) in [6.07, 6.45) is 1.46. The molecule has 1 aromatic heterocycles. The Morgan fingerprint density at radius 2 is 1.77 bits per heavy atom. The van der Waals surface area contributed by atoms with Crippen LogP contribution in [0, 0.1) is 0 Å². The number of benzene rings is 2. The van der Waals surface area contributed by atoms with Gasteiger partial charge >= 0.3 is 0 Å². The van der Waals surface area contributed by atoms with Gasteiger partial charge in [-0.3, -0.25) is 9.63 Å². The largest absolute Gasteiger partial charge is 0.493 e. The minimum absolute atomic E-state index is 0.287. The number of hydrogen-bond acceptors (Lipinski definition) is 8. The van der Waals surface area contributed by atoms with E-state index < -0.39 is 5.91 Å². The van der Waals surface area contributed by atoms with Gasteiger partial charge in [-0.25, -0.2) is 10.5 Å². The summed E-state index contributed by atoms with van der Waals surface area (Å²) >= 11 is 6.25. The number of rotatable bonds is 8. The van der Waals surface area contributed by atoms with E-state index >= 15 is 0 Å². The van der Waals surface area contributed by atoms with E-state index in [2.05, 4.69) is 26.1 Å². The summed E-state index contributed by atoms with van der Waals surface area (Å²) in [4.78, 5) is 25.5. The molecular weight excluding hydrogens is 410 g/mol. The summed E-state index contributed by atoms with van der Waals surface area (Å²) in [6, 6.07) is 12.2. The number of nitrogens with one attached hydrogen (secondary N) is 3. The fourth-order valence-electron chi connectivity index (χ4n) is 2.62. The van der Waals surface area contributed by atoms with E-state index in [-0.39, 0.29) is 5.02 Å². The molecule has 0 aliphatic heterocycles. The summed E-state index contributed by atoms with van der Waals surface area (Å²) < 4.78 is 10.5. The summed E-state index contributed by atoms with van der Waals surface area (Å²) in [5.74, 6) is 1.39. The molecule has 0 unspecified atom stereocenters. The van der Waals surface area contributed by atoms with Crippen LogP contribution in [0.3, 0.4) is 0 Å². The third-order valence-electron chi connectivity index (χ3n) is 4.00. The number of para-hydroxylation sites is 1. The standard InChI is InChI=1S/C20H20ClN5O4/c1-28-16-9-8-12(10-17(16)29-2)23-20-22-11-14(21)18(25-20)24-15-7-5-4-6-13(15)19(27)26-30-3/h4-11H,1-3H3,(H,26,27)(H2,22,23,24,25). The van der Waals surface area contributed by atoms with E-state index in [1.54, 1.807) is 56.7 Å². The molecule has 1 heterocycles. The minimum Gasteiger partial charge on any atom is -0.493 e. The van der Waals surface area contributed by atoms with Gasteiger partial charge in [0.2, 0.25) is 5.95 Å². The molecule has 1 amide bonds. The van der Waals surface area contributed by atoms with Gasteiger partial charge < -0.3 is 20.1 Å². The van der Waals surface area contributed by atoms with Gasteiger partial charge in [-0.05, 0) is 24.3 Å². The predicted molar refractivity (Wildman–Crippen MR) is 114 cm³/mol. The maximum Gasteiger partial charge on any atom is 0.276 e. The van der Waals surface area contributed by atoms with Crippen molar-refractivity contribution in [3.63, 3.8) is 0 Å². The first-order chi connectivity index (χ1) is 14.5. The Labute approximate surface area is 178 Å². The molecule has 0 aliphatic carbocycles. The predicted octanol–water partition coefficient (Wildman–Crippen LogP) is 3.93. The Balaban J connectivity index is 1.86. The zero-order valence-corrected chi connectivity index (χ0v) is 17.3. The van der Waals surface area contributed by atoms with Gasteiger partial charge in [-0.1, -0.05) is 23.7 Å². The van der Waals surface area contributed by atoms with Gasteiger partial charge in [0.05, 0.1) is 38.8 Å². The highest BCUT2D eigenvalue weighted by atomic mass is 35.5. The van der Waals surface area contributed by atoms with E-state index in [9.17, 15) is 4.79 Å². The normalized spacial score (nSPS) is 10.3. The molecule has 0 saturated carbocycles. The lowest BCUT2D eigenvalue weighted by molar-refractivity contribution is 0.0538. The van der Waals surface area contributed by atoms with Crippen LogP contribution in [-0.4, -0.2) is 37.2 Å². The first-order valence-electron chi connectivity index (χ1n) is 8.76. The number of aromatic nitrogens is 2. The van der Waals surface area contributed by atoms with Crippen molar-refractivity contribution in [2.75, 3.05) is 32.0 Å². The smallest absolute Gasteiger partial charge is 0.276 e. The average Bonchev–Trinajstić information content (AvgIpc) is 2.76. The van der Waals surface area contributed by atoms with Crippen LogP contribution in [0.5, 0.6) is 11.5 Å². The van der Waals surface area contributed by atoms with Crippen molar-refractivity contribution >= 4 is 40.6 Å². The minimum atomic E-state index is -0.408. The molecule has 0 radical (unpaired) electrons. The van der Waals surface area contributed by atoms with Gasteiger partial charge in [0, 0.05) is 11.8 Å². The average molecular weight is 430 g/mol. The number of nitrogens with zero attached hydrogens (tertiary/aromatic N) is 2. The van der Waals surface area contributed by atoms with Crippen LogP contribution < -0.4 is 25.6 Å². The quantitative estimate of drug-likeness (QED) is 0.462. The molecule has 3 rings (SSSR count). The zero-order valence-electron chi connectivity index (χ0n) is 16.5. The van der Waals surface area contributed by atoms with E-state index in [0.29, 0.717) is 40.2 Å². The lowest BCUT2D eigenvalue weighted by Gasteiger charge is -2.14. The molecule has 0 spiro atoms. The SMILES string of the molecule is CONC(=O)c1ccccc1Nc1nc(Nc2ccc(OC)c(OC)c2)ncc1Cl. The molecule has 0 bridgehead atoms. The third kappa shape index (κ3) is 4.88. The van der Waals surface area contributed by atoms with Crippen molar-refractivity contribution in [3.8, 4) is 11.5 Å². The molecule has 3 N–H and O–H groups in total. The highest BCUT2D eigenvalue weighted by Gasteiger charge is 2.14. The topological polar surface area (TPSA) is 107 Å². The van der Waals surface area contributed by atoms with Crippen molar-refractivity contribution in [2.45, 2.75) is 0 Å². The monoisotopic (exact) mass is 429 g/mol. The number of ether oxygens (including phenoxy) is 2. The Kier molecular flexibility index (Phi) is 6.89. The second-order valence-corrected chi connectivity index (χ2v) is 6.30. The third-order valence-corrected chi connectivity index (χ3v) is 4.28. The number of hydrogen-bond donors (Lipinski definition) is 3. The van der Waals surface area contributed by atoms with Crippen LogP contribution in [0.4, 0.5) is 23.1 Å². The van der Waals surface area contributed by atoms with Gasteiger partial charge in [-0.2, -0.15) is 4.98 Å². The van der Waals surface area contributed by atoms with Crippen molar-refractivity contribution < 1.29 is 19.1 Å². The van der Waals surface area contributed by atoms with Gasteiger partial charge in [0.25, 0.3) is 5.91 Å². The summed E-state index contributed by atoms with van der Waals surface area (Å²) in [7, 11) is 4.48. The van der Waals surface area contributed by atoms with Crippen LogP contribution in [0.2, 0.25) is 5.02 Å². The van der Waals surface area contributed by atoms with Crippen LogP contribution >= 0.6 is 11.6 Å². The lowest BCUT2D eigenvalue weighted by atomic mass is 10.1. The van der Waals surface area contributed by atoms with Gasteiger partial charge in [0.1, 0.15) is 5.02 Å². The second kappa shape index (κ2) is 9.77. The number of carbonyl (C=O) groups excluding carboxylic acids is 1. The first-order valence-corrected chi connectivity index (χ1v) is 9.14. The van der Waals surface area contributed by atoms with Crippen LogP contribution in [0.15, 0.2) is 48.7 Å². The highest BCUT2D eigenvalue weighted by molar-refractivity contribution is 6.33. The lowest BCUT2D eigenvalue weighted by Crippen LogP contribution is -2.22. The zero-order chi connectivity index (χ0) is 21.5. The number of amides is 1. The van der Waals surface area contributed by atoms with Crippen LogP contribution in [0.1, 0.15) is 10.4 Å². The van der Waals surface area contributed by atoms with E-state index in [1.807, 2.05) is 0 Å².